The van der Waals surface area contributed by atoms with Crippen LogP contribution in [0.3, 0.4) is 0 Å². The lowest BCUT2D eigenvalue weighted by Crippen LogP contribution is -2.41. The maximum atomic E-state index is 13.4. The molecule has 4 heterocycles. The summed E-state index contributed by atoms with van der Waals surface area (Å²) in [5.74, 6) is -0.995. The highest BCUT2D eigenvalue weighted by Crippen LogP contribution is 2.31. The zero-order valence-electron chi connectivity index (χ0n) is 29.9. The van der Waals surface area contributed by atoms with Crippen molar-refractivity contribution in [3.63, 3.8) is 0 Å². The fourth-order valence-electron chi connectivity index (χ4n) is 6.03. The van der Waals surface area contributed by atoms with Crippen LogP contribution in [0.4, 0.5) is 21.5 Å². The van der Waals surface area contributed by atoms with Gasteiger partial charge in [-0.25, -0.2) is 0 Å². The van der Waals surface area contributed by atoms with Crippen molar-refractivity contribution in [3.8, 4) is 6.07 Å². The number of hydrogen-bond donors (Lipinski definition) is 1. The minimum atomic E-state index is -0.919. The number of piperidine rings is 2. The van der Waals surface area contributed by atoms with E-state index in [0.29, 0.717) is 63.9 Å². The summed E-state index contributed by atoms with van der Waals surface area (Å²) in [5, 5.41) is 32.4. The first-order chi connectivity index (χ1) is 25.1. The Kier molecular flexibility index (Phi) is 18.4. The number of hydrogen-bond acceptors (Lipinski definition) is 11. The van der Waals surface area contributed by atoms with Crippen molar-refractivity contribution < 1.29 is 33.3 Å². The van der Waals surface area contributed by atoms with Crippen LogP contribution in [0.15, 0.2) is 36.4 Å². The molecule has 4 aliphatic rings. The Morgan fingerprint density at radius 3 is 1.60 bits per heavy atom. The van der Waals surface area contributed by atoms with Gasteiger partial charge in [0.2, 0.25) is 17.6 Å². The van der Waals surface area contributed by atoms with Crippen molar-refractivity contribution in [3.05, 3.63) is 73.6 Å². The SMILES string of the molecule is C1CCNCC1.CC#N.O=C(Cc1ccc([N+](=O)[O-])c(F)c1)N1CCOCC1.O=C(Cc1ccc([N+](=O)[O-])c(N2CCCCC2)c1)N1CCOCC1. The summed E-state index contributed by atoms with van der Waals surface area (Å²) < 4.78 is 23.8. The summed E-state index contributed by atoms with van der Waals surface area (Å²) in [6, 6.07) is 10.3. The Morgan fingerprint density at radius 1 is 0.750 bits per heavy atom. The number of anilines is 1. The Hall–Kier alpha value is -4.72. The molecule has 0 aliphatic carbocycles. The molecule has 0 bridgehead atoms. The molecule has 0 atom stereocenters. The highest BCUT2D eigenvalue weighted by Gasteiger charge is 2.24. The number of halogens is 1. The van der Waals surface area contributed by atoms with Crippen LogP contribution in [0.2, 0.25) is 0 Å². The second kappa shape index (κ2) is 23.0. The number of rotatable bonds is 7. The van der Waals surface area contributed by atoms with Crippen LogP contribution in [0.1, 0.15) is 56.6 Å². The van der Waals surface area contributed by atoms with Crippen molar-refractivity contribution in [1.29, 1.82) is 5.26 Å². The van der Waals surface area contributed by atoms with Gasteiger partial charge in [-0.2, -0.15) is 9.65 Å². The first-order valence-corrected chi connectivity index (χ1v) is 17.8. The fraction of sp³-hybridized carbons (Fsp3) is 0.583. The monoisotopic (exact) mass is 727 g/mol. The molecule has 0 aromatic heterocycles. The van der Waals surface area contributed by atoms with Crippen LogP contribution in [0.5, 0.6) is 0 Å². The van der Waals surface area contributed by atoms with E-state index in [1.54, 1.807) is 21.9 Å². The Labute approximate surface area is 303 Å². The van der Waals surface area contributed by atoms with Gasteiger partial charge in [-0.1, -0.05) is 18.6 Å². The van der Waals surface area contributed by atoms with E-state index in [4.69, 9.17) is 14.7 Å². The number of ether oxygens (including phenoxy) is 2. The highest BCUT2D eigenvalue weighted by molar-refractivity contribution is 5.80. The van der Waals surface area contributed by atoms with E-state index in [-0.39, 0.29) is 35.3 Å². The topological polar surface area (TPSA) is 184 Å². The van der Waals surface area contributed by atoms with Crippen molar-refractivity contribution in [2.45, 2.75) is 58.3 Å². The number of nitro groups is 2. The first kappa shape index (κ1) is 41.7. The van der Waals surface area contributed by atoms with Gasteiger partial charge in [-0.05, 0) is 68.5 Å². The highest BCUT2D eigenvalue weighted by atomic mass is 19.1. The van der Waals surface area contributed by atoms with Crippen molar-refractivity contribution in [2.24, 2.45) is 0 Å². The summed E-state index contributed by atoms with van der Waals surface area (Å²) >= 11 is 0. The fourth-order valence-corrected chi connectivity index (χ4v) is 6.03. The third-order valence-electron chi connectivity index (χ3n) is 8.79. The van der Waals surface area contributed by atoms with Gasteiger partial charge in [-0.15, -0.1) is 0 Å². The van der Waals surface area contributed by atoms with Crippen LogP contribution < -0.4 is 10.2 Å². The molecule has 6 rings (SSSR count). The van der Waals surface area contributed by atoms with Crippen LogP contribution in [0, 0.1) is 37.4 Å². The Bertz CT molecular complexity index is 1490. The molecule has 0 spiro atoms. The predicted octanol–water partition coefficient (Wildman–Crippen LogP) is 4.41. The lowest BCUT2D eigenvalue weighted by molar-refractivity contribution is -0.387. The molecule has 52 heavy (non-hydrogen) atoms. The normalized spacial score (nSPS) is 17.1. The maximum absolute atomic E-state index is 13.4. The van der Waals surface area contributed by atoms with Crippen molar-refractivity contribution in [2.75, 3.05) is 83.7 Å². The van der Waals surface area contributed by atoms with Gasteiger partial charge in [-0.3, -0.25) is 29.8 Å². The molecule has 2 aromatic rings. The number of morpholine rings is 2. The lowest BCUT2D eigenvalue weighted by Gasteiger charge is -2.29. The zero-order valence-corrected chi connectivity index (χ0v) is 29.9. The molecule has 2 aromatic carbocycles. The van der Waals surface area contributed by atoms with Gasteiger partial charge >= 0.3 is 5.69 Å². The van der Waals surface area contributed by atoms with Crippen LogP contribution in [-0.2, 0) is 31.9 Å². The van der Waals surface area contributed by atoms with Crippen LogP contribution in [-0.4, -0.2) is 110 Å². The number of nitro benzene ring substituents is 2. The summed E-state index contributed by atoms with van der Waals surface area (Å²) in [6.07, 6.45) is 7.79. The summed E-state index contributed by atoms with van der Waals surface area (Å²) in [7, 11) is 0. The number of carbonyl (C=O) groups is 2. The average Bonchev–Trinajstić information content (AvgIpc) is 3.17. The van der Waals surface area contributed by atoms with Crippen molar-refractivity contribution in [1.82, 2.24) is 15.1 Å². The predicted molar refractivity (Wildman–Crippen MR) is 192 cm³/mol. The van der Waals surface area contributed by atoms with Gasteiger partial charge in [0.25, 0.3) is 5.69 Å². The van der Waals surface area contributed by atoms with Gasteiger partial charge in [0.1, 0.15) is 5.69 Å². The maximum Gasteiger partial charge on any atom is 0.304 e. The molecule has 284 valence electrons. The molecule has 0 unspecified atom stereocenters. The number of carbonyl (C=O) groups excluding carboxylic acids is 2. The lowest BCUT2D eigenvalue weighted by atomic mass is 10.1. The summed E-state index contributed by atoms with van der Waals surface area (Å²) in [4.78, 5) is 50.5. The molecule has 4 fully saturated rings. The molecular formula is C36H50FN7O8. The molecule has 2 amide bonds. The largest absolute Gasteiger partial charge is 0.378 e. The number of nitriles is 1. The van der Waals surface area contributed by atoms with E-state index in [0.717, 1.165) is 43.6 Å². The van der Waals surface area contributed by atoms with Gasteiger partial charge in [0.15, 0.2) is 0 Å². The molecule has 0 saturated carbocycles. The van der Waals surface area contributed by atoms with Gasteiger partial charge in [0, 0.05) is 58.3 Å². The molecular weight excluding hydrogens is 677 g/mol. The van der Waals surface area contributed by atoms with E-state index in [2.05, 4.69) is 10.2 Å². The minimum Gasteiger partial charge on any atom is -0.378 e. The third-order valence-corrected chi connectivity index (χ3v) is 8.79. The average molecular weight is 728 g/mol. The number of nitrogens with zero attached hydrogens (tertiary/aromatic N) is 6. The standard InChI is InChI=1S/C17H23N3O4.C12H13FN2O4.C5H11N.C2H3N/c21-17(19-8-10-24-11-9-19)13-14-4-5-15(20(22)23)16(12-14)18-6-2-1-3-7-18;13-10-7-9(1-2-11(10)15(17)18)8-12(16)14-3-5-19-6-4-14;1-2-4-6-5-3-1;1-2-3/h4-5,12H,1-3,6-11,13H2;1-2,7H,3-6,8H2;6H,1-5H2;1H3. The molecule has 15 nitrogen and oxygen atoms in total. The second-order valence-corrected chi connectivity index (χ2v) is 12.5. The Balaban J connectivity index is 0.000000230. The molecule has 16 heteroatoms. The number of nitrogens with one attached hydrogen (secondary N) is 1. The van der Waals surface area contributed by atoms with E-state index in [9.17, 15) is 34.2 Å². The second-order valence-electron chi connectivity index (χ2n) is 12.5. The van der Waals surface area contributed by atoms with Gasteiger partial charge in [0.05, 0.1) is 55.2 Å². The van der Waals surface area contributed by atoms with E-state index in [1.807, 2.05) is 6.07 Å². The van der Waals surface area contributed by atoms with Crippen LogP contribution >= 0.6 is 0 Å². The smallest absolute Gasteiger partial charge is 0.304 e. The molecule has 4 aliphatic heterocycles. The Morgan fingerprint density at radius 2 is 1.19 bits per heavy atom. The summed E-state index contributed by atoms with van der Waals surface area (Å²) in [6.45, 7) is 10.0. The summed E-state index contributed by atoms with van der Waals surface area (Å²) in [5.41, 5.74) is 1.45. The van der Waals surface area contributed by atoms with Gasteiger partial charge < -0.3 is 29.5 Å². The van der Waals surface area contributed by atoms with E-state index < -0.39 is 16.4 Å². The van der Waals surface area contributed by atoms with E-state index in [1.165, 1.54) is 57.8 Å². The zero-order chi connectivity index (χ0) is 37.7. The van der Waals surface area contributed by atoms with Crippen molar-refractivity contribution >= 4 is 28.9 Å². The molecule has 0 radical (unpaired) electrons. The minimum absolute atomic E-state index is 0.0366. The third kappa shape index (κ3) is 14.1. The first-order valence-electron chi connectivity index (χ1n) is 17.8. The van der Waals surface area contributed by atoms with Crippen LogP contribution in [0.25, 0.3) is 0 Å². The quantitative estimate of drug-likeness (QED) is 0.315. The molecule has 4 saturated heterocycles. The number of benzene rings is 2. The molecule has 1 N–H and O–H groups in total. The number of amides is 2. The van der Waals surface area contributed by atoms with E-state index >= 15 is 0 Å².